The smallest absolute Gasteiger partial charge is 0.290 e. The molecular formula is C21H21N2O+. The second kappa shape index (κ2) is 7.09. The summed E-state index contributed by atoms with van der Waals surface area (Å²) in [7, 11) is 0. The number of pyridine rings is 1. The highest BCUT2D eigenvalue weighted by atomic mass is 16.1. The number of rotatable bonds is 4. The number of amides is 1. The second-order valence-corrected chi connectivity index (χ2v) is 5.95. The van der Waals surface area contributed by atoms with Crippen molar-refractivity contribution in [3.63, 3.8) is 0 Å². The van der Waals surface area contributed by atoms with Gasteiger partial charge in [0.05, 0.1) is 0 Å². The fourth-order valence-corrected chi connectivity index (χ4v) is 2.78. The first-order valence-electron chi connectivity index (χ1n) is 8.04. The molecule has 0 bridgehead atoms. The van der Waals surface area contributed by atoms with Gasteiger partial charge in [-0.25, -0.2) is 0 Å². The summed E-state index contributed by atoms with van der Waals surface area (Å²) in [6.45, 7) is 4.30. The summed E-state index contributed by atoms with van der Waals surface area (Å²) < 4.78 is 1.91. The predicted octanol–water partition coefficient (Wildman–Crippen LogP) is 3.90. The van der Waals surface area contributed by atoms with E-state index in [-0.39, 0.29) is 12.5 Å². The van der Waals surface area contributed by atoms with E-state index >= 15 is 0 Å². The van der Waals surface area contributed by atoms with Crippen molar-refractivity contribution in [3.05, 3.63) is 84.2 Å². The molecule has 24 heavy (non-hydrogen) atoms. The van der Waals surface area contributed by atoms with Crippen LogP contribution in [0.5, 0.6) is 0 Å². The molecule has 0 fully saturated rings. The van der Waals surface area contributed by atoms with E-state index in [1.165, 1.54) is 0 Å². The minimum Gasteiger partial charge on any atom is -0.320 e. The number of carbonyl (C=O) groups excluding carboxylic acids is 1. The van der Waals surface area contributed by atoms with Crippen LogP contribution in [-0.4, -0.2) is 5.91 Å². The third-order valence-electron chi connectivity index (χ3n) is 4.04. The molecule has 0 spiro atoms. The fraction of sp³-hybridized carbons (Fsp3) is 0.143. The number of nitrogens with zero attached hydrogens (tertiary/aromatic N) is 1. The maximum Gasteiger partial charge on any atom is 0.290 e. The molecule has 0 atom stereocenters. The van der Waals surface area contributed by atoms with E-state index in [2.05, 4.69) is 23.5 Å². The lowest BCUT2D eigenvalue weighted by Gasteiger charge is -2.10. The monoisotopic (exact) mass is 317 g/mol. The molecule has 0 aliphatic heterocycles. The number of benzene rings is 2. The van der Waals surface area contributed by atoms with Crippen LogP contribution in [0.15, 0.2) is 73.1 Å². The highest BCUT2D eigenvalue weighted by Crippen LogP contribution is 2.19. The average Bonchev–Trinajstić information content (AvgIpc) is 2.59. The van der Waals surface area contributed by atoms with Crippen molar-refractivity contribution in [2.75, 3.05) is 5.32 Å². The highest BCUT2D eigenvalue weighted by Gasteiger charge is 2.13. The molecule has 0 unspecified atom stereocenters. The third kappa shape index (κ3) is 3.69. The minimum absolute atomic E-state index is 0.0254. The SMILES string of the molecule is Cc1cccc(C)c1NC(=O)C[n+]1cccc(-c2ccccc2)c1. The molecule has 3 rings (SSSR count). The highest BCUT2D eigenvalue weighted by molar-refractivity contribution is 5.91. The summed E-state index contributed by atoms with van der Waals surface area (Å²) in [5.41, 5.74) is 5.29. The molecule has 0 radical (unpaired) electrons. The molecule has 0 saturated carbocycles. The number of para-hydroxylation sites is 1. The van der Waals surface area contributed by atoms with Crippen LogP contribution in [0.25, 0.3) is 11.1 Å². The molecule has 0 aliphatic carbocycles. The Morgan fingerprint density at radius 3 is 2.25 bits per heavy atom. The summed E-state index contributed by atoms with van der Waals surface area (Å²) in [4.78, 5) is 12.4. The number of aromatic nitrogens is 1. The zero-order valence-electron chi connectivity index (χ0n) is 14.0. The van der Waals surface area contributed by atoms with Gasteiger partial charge in [-0.15, -0.1) is 0 Å². The maximum absolute atomic E-state index is 12.4. The van der Waals surface area contributed by atoms with Gasteiger partial charge in [-0.05, 0) is 36.6 Å². The van der Waals surface area contributed by atoms with Crippen LogP contribution < -0.4 is 9.88 Å². The van der Waals surface area contributed by atoms with Crippen molar-refractivity contribution in [2.24, 2.45) is 0 Å². The van der Waals surface area contributed by atoms with Crippen LogP contribution in [0.4, 0.5) is 5.69 Å². The maximum atomic E-state index is 12.4. The number of hydrogen-bond donors (Lipinski definition) is 1. The zero-order chi connectivity index (χ0) is 16.9. The molecule has 3 aromatic rings. The van der Waals surface area contributed by atoms with Crippen LogP contribution in [-0.2, 0) is 11.3 Å². The number of aryl methyl sites for hydroxylation is 2. The first-order chi connectivity index (χ1) is 11.6. The average molecular weight is 317 g/mol. The van der Waals surface area contributed by atoms with E-state index < -0.39 is 0 Å². The topological polar surface area (TPSA) is 33.0 Å². The number of nitrogens with one attached hydrogen (secondary N) is 1. The Bertz CT molecular complexity index is 836. The first kappa shape index (κ1) is 15.9. The summed E-state index contributed by atoms with van der Waals surface area (Å²) >= 11 is 0. The Morgan fingerprint density at radius 2 is 1.54 bits per heavy atom. The van der Waals surface area contributed by atoms with Gasteiger partial charge >= 0.3 is 0 Å². The molecule has 0 saturated heterocycles. The van der Waals surface area contributed by atoms with Crippen molar-refractivity contribution in [1.29, 1.82) is 0 Å². The third-order valence-corrected chi connectivity index (χ3v) is 4.04. The molecule has 3 heteroatoms. The van der Waals surface area contributed by atoms with Crippen molar-refractivity contribution >= 4 is 11.6 Å². The molecule has 1 amide bonds. The molecule has 2 aromatic carbocycles. The van der Waals surface area contributed by atoms with Gasteiger partial charge in [0.15, 0.2) is 12.4 Å². The Morgan fingerprint density at radius 1 is 0.875 bits per heavy atom. The van der Waals surface area contributed by atoms with Crippen molar-refractivity contribution in [2.45, 2.75) is 20.4 Å². The molecular weight excluding hydrogens is 296 g/mol. The van der Waals surface area contributed by atoms with E-state index in [1.807, 2.05) is 73.3 Å². The Labute approximate surface area is 142 Å². The van der Waals surface area contributed by atoms with Crippen LogP contribution in [0.2, 0.25) is 0 Å². The van der Waals surface area contributed by atoms with E-state index in [1.54, 1.807) is 0 Å². The number of anilines is 1. The zero-order valence-corrected chi connectivity index (χ0v) is 14.0. The normalized spacial score (nSPS) is 10.4. The van der Waals surface area contributed by atoms with E-state index in [4.69, 9.17) is 0 Å². The molecule has 1 aromatic heterocycles. The van der Waals surface area contributed by atoms with Crippen LogP contribution in [0.3, 0.4) is 0 Å². The van der Waals surface area contributed by atoms with Crippen molar-refractivity contribution < 1.29 is 9.36 Å². The predicted molar refractivity (Wildman–Crippen MR) is 96.6 cm³/mol. The first-order valence-corrected chi connectivity index (χ1v) is 8.04. The van der Waals surface area contributed by atoms with Crippen molar-refractivity contribution in [3.8, 4) is 11.1 Å². The van der Waals surface area contributed by atoms with Crippen molar-refractivity contribution in [1.82, 2.24) is 0 Å². The fourth-order valence-electron chi connectivity index (χ4n) is 2.78. The van der Waals surface area contributed by atoms with Gasteiger partial charge in [0.2, 0.25) is 6.54 Å². The Kier molecular flexibility index (Phi) is 4.71. The number of carbonyl (C=O) groups is 1. The van der Waals surface area contributed by atoms with Gasteiger partial charge in [0.25, 0.3) is 5.91 Å². The van der Waals surface area contributed by atoms with Gasteiger partial charge in [-0.3, -0.25) is 4.79 Å². The minimum atomic E-state index is -0.0254. The van der Waals surface area contributed by atoms with E-state index in [0.717, 1.165) is 27.9 Å². The van der Waals surface area contributed by atoms with Gasteiger partial charge in [-0.2, -0.15) is 4.57 Å². The second-order valence-electron chi connectivity index (χ2n) is 5.95. The Hall–Kier alpha value is -2.94. The van der Waals surface area contributed by atoms with Gasteiger partial charge < -0.3 is 5.32 Å². The standard InChI is InChI=1S/C21H20N2O/c1-16-8-6-9-17(2)21(16)22-20(24)15-23-13-7-12-19(14-23)18-10-4-3-5-11-18/h3-14H,15H2,1-2H3/p+1. The molecule has 1 heterocycles. The van der Waals surface area contributed by atoms with Crippen LogP contribution >= 0.6 is 0 Å². The van der Waals surface area contributed by atoms with Crippen LogP contribution in [0.1, 0.15) is 11.1 Å². The van der Waals surface area contributed by atoms with Gasteiger partial charge in [-0.1, -0.05) is 48.5 Å². The lowest BCUT2D eigenvalue weighted by atomic mass is 10.1. The number of hydrogen-bond acceptors (Lipinski definition) is 1. The summed E-state index contributed by atoms with van der Waals surface area (Å²) in [6, 6.07) is 20.2. The lowest BCUT2D eigenvalue weighted by molar-refractivity contribution is -0.683. The van der Waals surface area contributed by atoms with Gasteiger partial charge in [0.1, 0.15) is 0 Å². The van der Waals surface area contributed by atoms with E-state index in [9.17, 15) is 4.79 Å². The summed E-state index contributed by atoms with van der Waals surface area (Å²) in [5, 5.41) is 3.03. The molecule has 3 nitrogen and oxygen atoms in total. The Balaban J connectivity index is 1.76. The summed E-state index contributed by atoms with van der Waals surface area (Å²) in [5.74, 6) is -0.0254. The molecule has 120 valence electrons. The van der Waals surface area contributed by atoms with Crippen LogP contribution in [0, 0.1) is 13.8 Å². The summed E-state index contributed by atoms with van der Waals surface area (Å²) in [6.07, 6.45) is 3.91. The molecule has 1 N–H and O–H groups in total. The van der Waals surface area contributed by atoms with Gasteiger partial charge in [0, 0.05) is 17.3 Å². The largest absolute Gasteiger partial charge is 0.320 e. The molecule has 0 aliphatic rings. The quantitative estimate of drug-likeness (QED) is 0.727. The lowest BCUT2D eigenvalue weighted by Crippen LogP contribution is -2.39. The van der Waals surface area contributed by atoms with E-state index in [0.29, 0.717) is 0 Å².